The summed E-state index contributed by atoms with van der Waals surface area (Å²) in [6, 6.07) is 22.6. The summed E-state index contributed by atoms with van der Waals surface area (Å²) in [4.78, 5) is 11.7. The van der Waals surface area contributed by atoms with E-state index in [1.807, 2.05) is 84.9 Å². The van der Waals surface area contributed by atoms with Gasteiger partial charge < -0.3 is 5.11 Å². The zero-order chi connectivity index (χ0) is 38.0. The Morgan fingerprint density at radius 3 is 1.94 bits per heavy atom. The number of carbonyl (C=O) groups is 1. The molecule has 1 radical (unpaired) electrons. The minimum Gasteiger partial charge on any atom is -0.512 e. The van der Waals surface area contributed by atoms with Gasteiger partial charge in [-0.05, 0) is 41.9 Å². The van der Waals surface area contributed by atoms with Crippen molar-refractivity contribution in [2.45, 2.75) is 85.7 Å². The normalized spacial score (nSPS) is 12.4. The first kappa shape index (κ1) is 41.5. The average molecular weight is 903 g/mol. The summed E-state index contributed by atoms with van der Waals surface area (Å²) in [5.41, 5.74) is -0.667. The van der Waals surface area contributed by atoms with Crippen LogP contribution in [0.15, 0.2) is 78.6 Å². The van der Waals surface area contributed by atoms with Crippen molar-refractivity contribution in [1.29, 1.82) is 0 Å². The van der Waals surface area contributed by atoms with Crippen LogP contribution in [0.1, 0.15) is 85.3 Å². The first-order valence-electron chi connectivity index (χ1n) is 17.8. The second-order valence-corrected chi connectivity index (χ2v) is 14.2. The van der Waals surface area contributed by atoms with Gasteiger partial charge in [0.2, 0.25) is 0 Å². The number of allylic oxidation sites excluding steroid dienone is 2. The zero-order valence-corrected chi connectivity index (χ0v) is 33.3. The molecule has 0 fully saturated rings. The van der Waals surface area contributed by atoms with E-state index in [0.717, 1.165) is 52.8 Å². The molecule has 6 rings (SSSR count). The number of ketones is 1. The first-order chi connectivity index (χ1) is 24.6. The van der Waals surface area contributed by atoms with Gasteiger partial charge in [0.15, 0.2) is 5.78 Å². The Bertz CT molecular complexity index is 2290. The number of alkyl halides is 3. The average Bonchev–Trinajstić information content (AvgIpc) is 3.10. The molecule has 1 N–H and O–H groups in total. The maximum atomic E-state index is 15.9. The van der Waals surface area contributed by atoms with Gasteiger partial charge in [0.25, 0.3) is 0 Å². The molecule has 0 spiro atoms. The van der Waals surface area contributed by atoms with E-state index >= 15 is 4.39 Å². The molecule has 0 amide bonds. The van der Waals surface area contributed by atoms with Gasteiger partial charge in [0, 0.05) is 54.5 Å². The number of hydrogen-bond donors (Lipinski definition) is 1. The van der Waals surface area contributed by atoms with Crippen LogP contribution in [-0.2, 0) is 36.5 Å². The minimum atomic E-state index is -4.78. The van der Waals surface area contributed by atoms with Crippen molar-refractivity contribution < 1.29 is 47.6 Å². The summed E-state index contributed by atoms with van der Waals surface area (Å²) in [5, 5.41) is 24.2. The number of aliphatic hydroxyl groups is 1. The molecule has 5 aromatic carbocycles. The fourth-order valence-corrected chi connectivity index (χ4v) is 6.83. The Morgan fingerprint density at radius 2 is 1.38 bits per heavy atom. The van der Waals surface area contributed by atoms with Crippen LogP contribution in [0.2, 0.25) is 0 Å². The van der Waals surface area contributed by atoms with Crippen molar-refractivity contribution in [3.63, 3.8) is 0 Å². The Kier molecular flexibility index (Phi) is 13.2. The van der Waals surface area contributed by atoms with Gasteiger partial charge in [0.05, 0.1) is 11.3 Å². The molecule has 1 heterocycles. The quantitative estimate of drug-likeness (QED) is 0.0541. The number of aliphatic hydroxyl groups excluding tert-OH is 1. The zero-order valence-electron chi connectivity index (χ0n) is 31.0. The molecule has 1 aromatic heterocycles. The number of hydrogen-bond acceptors (Lipinski definition) is 5. The van der Waals surface area contributed by atoms with Crippen molar-refractivity contribution in [3.05, 3.63) is 102 Å². The van der Waals surface area contributed by atoms with Crippen LogP contribution >= 0.6 is 0 Å². The Balaban J connectivity index is 0.000000335. The summed E-state index contributed by atoms with van der Waals surface area (Å²) < 4.78 is 58.8. The molecule has 0 aliphatic carbocycles. The van der Waals surface area contributed by atoms with Gasteiger partial charge in [-0.1, -0.05) is 125 Å². The van der Waals surface area contributed by atoms with E-state index in [2.05, 4.69) is 27.5 Å². The topological polar surface area (TPSA) is 76.0 Å². The smallest absolute Gasteiger partial charge is 0.419 e. The van der Waals surface area contributed by atoms with E-state index in [0.29, 0.717) is 5.56 Å². The summed E-state index contributed by atoms with van der Waals surface area (Å²) in [5.74, 6) is -0.272. The van der Waals surface area contributed by atoms with Crippen molar-refractivity contribution in [2.24, 2.45) is 11.8 Å². The second kappa shape index (κ2) is 16.8. The summed E-state index contributed by atoms with van der Waals surface area (Å²) in [6.07, 6.45) is 0.130. The largest absolute Gasteiger partial charge is 0.512 e. The van der Waals surface area contributed by atoms with Gasteiger partial charge >= 0.3 is 6.18 Å². The van der Waals surface area contributed by atoms with E-state index in [9.17, 15) is 23.1 Å². The Hall–Kier alpha value is -4.27. The van der Waals surface area contributed by atoms with E-state index in [-0.39, 0.29) is 70.8 Å². The second-order valence-electron chi connectivity index (χ2n) is 14.2. The molecule has 0 aliphatic rings. The molecule has 53 heavy (non-hydrogen) atoms. The summed E-state index contributed by atoms with van der Waals surface area (Å²) in [6.45, 7) is 14.2. The third-order valence-electron chi connectivity index (χ3n) is 9.81. The third kappa shape index (κ3) is 8.60. The van der Waals surface area contributed by atoms with Gasteiger partial charge in [-0.15, -0.1) is 34.2 Å². The van der Waals surface area contributed by atoms with Crippen LogP contribution in [-0.4, -0.2) is 26.3 Å². The molecular formula is C43H44F4IrN3O2-. The molecular weight excluding hydrogens is 859 g/mol. The molecule has 10 heteroatoms. The molecule has 281 valence electrons. The van der Waals surface area contributed by atoms with Crippen LogP contribution in [0.4, 0.5) is 17.6 Å². The number of rotatable bonds is 8. The monoisotopic (exact) mass is 903 g/mol. The molecule has 0 saturated heterocycles. The van der Waals surface area contributed by atoms with Crippen LogP contribution < -0.4 is 0 Å². The molecule has 0 unspecified atom stereocenters. The molecule has 0 aliphatic heterocycles. The van der Waals surface area contributed by atoms with Gasteiger partial charge in [-0.25, -0.2) is 4.39 Å². The van der Waals surface area contributed by atoms with Crippen molar-refractivity contribution in [2.75, 3.05) is 0 Å². The Labute approximate surface area is 321 Å². The number of aromatic nitrogens is 3. The van der Waals surface area contributed by atoms with E-state index in [1.54, 1.807) is 0 Å². The molecule has 0 bridgehead atoms. The SMILES string of the molecule is CC(C)(C)c1cc(-c2nnnc3c(C(F)(F)F)c4ccccc4c(F)c23)[c-]c2cc3ccccc3cc12.CCC(CC)C(=O)/C=C(\O)C(CC)CC.[Ir]. The standard InChI is InChI=1S/C30H20F4N3.C13H24O2.Ir/c1-29(2,3)23-15-19(13-18-12-16-8-4-5-9-17(16)14-22(18)23)27-24-26(31)21-11-7-6-10-20(21)25(30(32,33)34)28(24)36-37-35-27;1-5-10(6-2)12(14)9-13(15)11(7-3)8-4;/h4-12,14-15H,1-3H3;9-11,14H,5-8H2,1-4H3;/q-1;;/b;12-9-;. The summed E-state index contributed by atoms with van der Waals surface area (Å²) >= 11 is 0. The number of nitrogens with zero attached hydrogens (tertiary/aromatic N) is 3. The Morgan fingerprint density at radius 1 is 0.811 bits per heavy atom. The van der Waals surface area contributed by atoms with Crippen molar-refractivity contribution >= 4 is 49.0 Å². The van der Waals surface area contributed by atoms with Crippen LogP contribution in [0.25, 0.3) is 54.5 Å². The van der Waals surface area contributed by atoms with Gasteiger partial charge in [-0.2, -0.15) is 18.3 Å². The van der Waals surface area contributed by atoms with Crippen molar-refractivity contribution in [1.82, 2.24) is 15.4 Å². The minimum absolute atomic E-state index is 0. The predicted molar refractivity (Wildman–Crippen MR) is 202 cm³/mol. The van der Waals surface area contributed by atoms with Gasteiger partial charge in [-0.3, -0.25) is 4.79 Å². The van der Waals surface area contributed by atoms with Crippen molar-refractivity contribution in [3.8, 4) is 11.3 Å². The maximum absolute atomic E-state index is 15.9. The van der Waals surface area contributed by atoms with Crippen LogP contribution in [0.3, 0.4) is 0 Å². The summed E-state index contributed by atoms with van der Waals surface area (Å²) in [7, 11) is 0. The van der Waals surface area contributed by atoms with Crippen LogP contribution in [0, 0.1) is 23.7 Å². The van der Waals surface area contributed by atoms with E-state index < -0.39 is 23.1 Å². The molecule has 6 aromatic rings. The van der Waals surface area contributed by atoms with Crippen LogP contribution in [0.5, 0.6) is 0 Å². The predicted octanol–water partition coefficient (Wildman–Crippen LogP) is 12.3. The number of fused-ring (bicyclic) bond motifs is 4. The fraction of sp³-hybridized carbons (Fsp3) is 0.349. The third-order valence-corrected chi connectivity index (χ3v) is 9.81. The van der Waals surface area contributed by atoms with E-state index in [4.69, 9.17) is 0 Å². The first-order valence-corrected chi connectivity index (χ1v) is 17.8. The fourth-order valence-electron chi connectivity index (χ4n) is 6.83. The number of benzene rings is 5. The molecule has 5 nitrogen and oxygen atoms in total. The molecule has 0 saturated carbocycles. The van der Waals surface area contributed by atoms with Gasteiger partial charge in [0.1, 0.15) is 11.3 Å². The molecule has 0 atom stereocenters. The number of halogens is 4. The van der Waals surface area contributed by atoms with E-state index in [1.165, 1.54) is 30.3 Å². The maximum Gasteiger partial charge on any atom is 0.419 e. The number of carbonyl (C=O) groups excluding carboxylic acids is 1.